The molecule has 2 aromatic rings. The average Bonchev–Trinajstić information content (AvgIpc) is 2.70. The van der Waals surface area contributed by atoms with E-state index in [1.165, 1.54) is 23.4 Å². The summed E-state index contributed by atoms with van der Waals surface area (Å²) >= 11 is 0. The predicted octanol–water partition coefficient (Wildman–Crippen LogP) is 4.68. The molecule has 0 amide bonds. The third-order valence-corrected chi connectivity index (χ3v) is 5.29. The Bertz CT molecular complexity index is 963. The summed E-state index contributed by atoms with van der Waals surface area (Å²) in [6.45, 7) is 2.21. The number of rotatable bonds is 4. The fraction of sp³-hybridized carbons (Fsp3) is 0.217. The Labute approximate surface area is 174 Å². The Hall–Kier alpha value is -2.83. The number of benzene rings is 2. The fourth-order valence-electron chi connectivity index (χ4n) is 2.52. The van der Waals surface area contributed by atoms with Gasteiger partial charge in [0.05, 0.1) is 4.90 Å². The normalized spacial score (nSPS) is 15.1. The first-order chi connectivity index (χ1) is 13.6. The maximum absolute atomic E-state index is 10.4. The highest BCUT2D eigenvalue weighted by Gasteiger charge is 2.15. The summed E-state index contributed by atoms with van der Waals surface area (Å²) in [6, 6.07) is 16.0. The predicted molar refractivity (Wildman–Crippen MR) is 120 cm³/mol. The van der Waals surface area contributed by atoms with Crippen LogP contribution in [0.25, 0.3) is 6.08 Å². The van der Waals surface area contributed by atoms with Crippen LogP contribution in [0.3, 0.4) is 0 Å². The van der Waals surface area contributed by atoms with Gasteiger partial charge < -0.3 is 9.80 Å². The molecular weight excluding hydrogens is 384 g/mol. The Morgan fingerprint density at radius 2 is 1.52 bits per heavy atom. The molecule has 3 rings (SSSR count). The van der Waals surface area contributed by atoms with Gasteiger partial charge in [0.15, 0.2) is 0 Å². The highest BCUT2D eigenvalue weighted by molar-refractivity contribution is 7.85. The van der Waals surface area contributed by atoms with Crippen molar-refractivity contribution in [2.24, 2.45) is 5.41 Å². The van der Waals surface area contributed by atoms with Crippen molar-refractivity contribution in [2.75, 3.05) is 26.0 Å². The molecule has 0 saturated carbocycles. The van der Waals surface area contributed by atoms with Gasteiger partial charge in [0, 0.05) is 44.6 Å². The van der Waals surface area contributed by atoms with Gasteiger partial charge in [-0.3, -0.25) is 4.55 Å². The molecule has 0 atom stereocenters. The Kier molecular flexibility index (Phi) is 7.42. The lowest BCUT2D eigenvalue weighted by atomic mass is 9.88. The van der Waals surface area contributed by atoms with Crippen molar-refractivity contribution >= 4 is 21.9 Å². The molecule has 2 aromatic carbocycles. The monoisotopic (exact) mass is 412 g/mol. The second kappa shape index (κ2) is 9.58. The Balaban J connectivity index is 0.000000253. The van der Waals surface area contributed by atoms with Gasteiger partial charge in [0.1, 0.15) is 0 Å². The summed E-state index contributed by atoms with van der Waals surface area (Å²) < 4.78 is 29.2. The third-order valence-electron chi connectivity index (χ3n) is 4.42. The van der Waals surface area contributed by atoms with E-state index >= 15 is 0 Å². The minimum absolute atomic E-state index is 0.00668. The van der Waals surface area contributed by atoms with E-state index in [1.807, 2.05) is 7.05 Å². The van der Waals surface area contributed by atoms with Crippen molar-refractivity contribution in [3.05, 3.63) is 90.8 Å². The van der Waals surface area contributed by atoms with Crippen LogP contribution in [0, 0.1) is 5.41 Å². The topological polar surface area (TPSA) is 60.9 Å². The van der Waals surface area contributed by atoms with Crippen molar-refractivity contribution in [2.45, 2.75) is 11.8 Å². The summed E-state index contributed by atoms with van der Waals surface area (Å²) in [4.78, 5) is 4.09. The van der Waals surface area contributed by atoms with Gasteiger partial charge >= 0.3 is 0 Å². The minimum atomic E-state index is -4.00. The van der Waals surface area contributed by atoms with Gasteiger partial charge in [-0.15, -0.1) is 0 Å². The highest BCUT2D eigenvalue weighted by Crippen LogP contribution is 2.27. The molecule has 0 spiro atoms. The van der Waals surface area contributed by atoms with Crippen LogP contribution in [0.15, 0.2) is 90.1 Å². The maximum atomic E-state index is 10.4. The lowest BCUT2D eigenvalue weighted by Crippen LogP contribution is -2.14. The Morgan fingerprint density at radius 1 is 0.966 bits per heavy atom. The molecule has 0 aliphatic carbocycles. The number of nitrogens with zero attached hydrogens (tertiary/aromatic N) is 2. The number of anilines is 1. The maximum Gasteiger partial charge on any atom is 0.294 e. The van der Waals surface area contributed by atoms with Crippen LogP contribution in [0.2, 0.25) is 0 Å². The summed E-state index contributed by atoms with van der Waals surface area (Å²) in [7, 11) is 2.15. The van der Waals surface area contributed by atoms with E-state index in [0.717, 1.165) is 0 Å². The standard InChI is InChI=1S/C17H22N2.C6H6O3S/c1-17(11-13-19(4)14-12-17)10-9-15-5-7-16(8-6-15)18(2)3;7-10(8,9)6-4-2-1-3-5-6/h5-14H,1-4H3;1-5H,(H,7,8,9). The second-order valence-corrected chi connectivity index (χ2v) is 8.69. The van der Waals surface area contributed by atoms with E-state index in [1.54, 1.807) is 18.2 Å². The molecule has 1 aliphatic rings. The first-order valence-corrected chi connectivity index (χ1v) is 10.6. The molecule has 29 heavy (non-hydrogen) atoms. The lowest BCUT2D eigenvalue weighted by Gasteiger charge is -2.24. The SMILES string of the molecule is CN1C=CC(C)(C=Cc2ccc(N(C)C)cc2)C=C1.O=S(=O)(O)c1ccccc1. The molecule has 6 heteroatoms. The fourth-order valence-corrected chi connectivity index (χ4v) is 3.03. The molecule has 1 aliphatic heterocycles. The van der Waals surface area contributed by atoms with E-state index in [9.17, 15) is 8.42 Å². The van der Waals surface area contributed by atoms with Crippen molar-refractivity contribution in [3.63, 3.8) is 0 Å². The van der Waals surface area contributed by atoms with Crippen molar-refractivity contribution in [1.82, 2.24) is 4.90 Å². The third kappa shape index (κ3) is 7.25. The van der Waals surface area contributed by atoms with E-state index in [0.29, 0.717) is 0 Å². The highest BCUT2D eigenvalue weighted by atomic mass is 32.2. The van der Waals surface area contributed by atoms with Crippen LogP contribution in [-0.4, -0.2) is 39.0 Å². The molecule has 0 aromatic heterocycles. The van der Waals surface area contributed by atoms with E-state index in [2.05, 4.69) is 91.8 Å². The molecular formula is C23H28N2O3S. The van der Waals surface area contributed by atoms with Crippen LogP contribution in [-0.2, 0) is 10.1 Å². The summed E-state index contributed by atoms with van der Waals surface area (Å²) in [5.74, 6) is 0. The first kappa shape index (κ1) is 22.5. The van der Waals surface area contributed by atoms with E-state index < -0.39 is 10.1 Å². The van der Waals surface area contributed by atoms with Gasteiger partial charge in [-0.05, 0) is 36.8 Å². The van der Waals surface area contributed by atoms with Crippen LogP contribution in [0.5, 0.6) is 0 Å². The number of hydrogen-bond donors (Lipinski definition) is 1. The molecule has 0 unspecified atom stereocenters. The van der Waals surface area contributed by atoms with Gasteiger partial charge in [0.2, 0.25) is 0 Å². The van der Waals surface area contributed by atoms with Crippen LogP contribution in [0.1, 0.15) is 12.5 Å². The summed E-state index contributed by atoms with van der Waals surface area (Å²) in [5.41, 5.74) is 2.46. The van der Waals surface area contributed by atoms with Gasteiger partial charge in [-0.25, -0.2) is 0 Å². The van der Waals surface area contributed by atoms with Gasteiger partial charge in [-0.2, -0.15) is 8.42 Å². The smallest absolute Gasteiger partial charge is 0.294 e. The zero-order valence-electron chi connectivity index (χ0n) is 17.2. The van der Waals surface area contributed by atoms with E-state index in [-0.39, 0.29) is 10.3 Å². The largest absolute Gasteiger partial charge is 0.378 e. The molecule has 154 valence electrons. The zero-order valence-corrected chi connectivity index (χ0v) is 18.0. The van der Waals surface area contributed by atoms with Crippen LogP contribution >= 0.6 is 0 Å². The second-order valence-electron chi connectivity index (χ2n) is 7.27. The molecule has 0 bridgehead atoms. The number of allylic oxidation sites excluding steroid dienone is 3. The number of hydrogen-bond acceptors (Lipinski definition) is 4. The molecule has 1 heterocycles. The van der Waals surface area contributed by atoms with Gasteiger partial charge in [0.25, 0.3) is 10.1 Å². The van der Waals surface area contributed by atoms with Crippen molar-refractivity contribution in [1.29, 1.82) is 0 Å². The lowest BCUT2D eigenvalue weighted by molar-refractivity contribution is 0.483. The summed E-state index contributed by atoms with van der Waals surface area (Å²) in [6.07, 6.45) is 13.0. The van der Waals surface area contributed by atoms with E-state index in [4.69, 9.17) is 4.55 Å². The first-order valence-electron chi connectivity index (χ1n) is 9.19. The van der Waals surface area contributed by atoms with Crippen LogP contribution < -0.4 is 4.90 Å². The molecule has 0 radical (unpaired) electrons. The minimum Gasteiger partial charge on any atom is -0.378 e. The molecule has 0 saturated heterocycles. The van der Waals surface area contributed by atoms with Crippen LogP contribution in [0.4, 0.5) is 5.69 Å². The molecule has 0 fully saturated rings. The Morgan fingerprint density at radius 3 is 1.97 bits per heavy atom. The average molecular weight is 413 g/mol. The molecule has 1 N–H and O–H groups in total. The quantitative estimate of drug-likeness (QED) is 0.739. The summed E-state index contributed by atoms with van der Waals surface area (Å²) in [5, 5.41) is 0. The van der Waals surface area contributed by atoms with Gasteiger partial charge in [-0.1, -0.05) is 54.6 Å². The molecule has 5 nitrogen and oxygen atoms in total. The van der Waals surface area contributed by atoms with Crippen molar-refractivity contribution < 1.29 is 13.0 Å². The zero-order chi connectivity index (χ0) is 21.5. The van der Waals surface area contributed by atoms with Crippen molar-refractivity contribution in [3.8, 4) is 0 Å².